The Morgan fingerprint density at radius 1 is 1.48 bits per heavy atom. The average molecular weight is 293 g/mol. The third-order valence-corrected chi connectivity index (χ3v) is 5.46. The van der Waals surface area contributed by atoms with E-state index in [4.69, 9.17) is 5.84 Å². The van der Waals surface area contributed by atoms with Crippen molar-refractivity contribution in [2.75, 3.05) is 14.1 Å². The molecule has 0 saturated heterocycles. The summed E-state index contributed by atoms with van der Waals surface area (Å²) < 4.78 is 2.10. The number of rotatable bonds is 6. The molecule has 1 atom stereocenters. The highest BCUT2D eigenvalue weighted by atomic mass is 15.3. The number of hydrazine groups is 1. The Morgan fingerprint density at radius 2 is 2.14 bits per heavy atom. The van der Waals surface area contributed by atoms with Crippen molar-refractivity contribution >= 4 is 0 Å². The van der Waals surface area contributed by atoms with Crippen molar-refractivity contribution in [2.24, 2.45) is 18.8 Å². The van der Waals surface area contributed by atoms with Gasteiger partial charge in [0.2, 0.25) is 0 Å². The van der Waals surface area contributed by atoms with Gasteiger partial charge in [-0.05, 0) is 52.1 Å². The molecule has 0 aliphatic heterocycles. The summed E-state index contributed by atoms with van der Waals surface area (Å²) in [5.41, 5.74) is 3.29. The molecule has 1 aromatic heterocycles. The summed E-state index contributed by atoms with van der Waals surface area (Å²) >= 11 is 0. The molecule has 1 aliphatic rings. The summed E-state index contributed by atoms with van der Waals surface area (Å²) in [5, 5.41) is 0. The summed E-state index contributed by atoms with van der Waals surface area (Å²) in [7, 11) is 6.44. The van der Waals surface area contributed by atoms with Gasteiger partial charge in [-0.1, -0.05) is 6.92 Å². The van der Waals surface area contributed by atoms with Crippen LogP contribution in [-0.2, 0) is 13.5 Å². The summed E-state index contributed by atoms with van der Waals surface area (Å²) in [6.07, 6.45) is 10.9. The van der Waals surface area contributed by atoms with Gasteiger partial charge in [-0.15, -0.1) is 0 Å². The van der Waals surface area contributed by atoms with Gasteiger partial charge < -0.3 is 9.47 Å². The topological polar surface area (TPSA) is 59.1 Å². The van der Waals surface area contributed by atoms with Crippen molar-refractivity contribution in [1.82, 2.24) is 19.9 Å². The Hall–Kier alpha value is -0.910. The van der Waals surface area contributed by atoms with E-state index in [0.29, 0.717) is 6.04 Å². The molecule has 0 amide bonds. The number of nitrogens with zero attached hydrogens (tertiary/aromatic N) is 3. The zero-order valence-corrected chi connectivity index (χ0v) is 14.0. The minimum atomic E-state index is 0.173. The lowest BCUT2D eigenvalue weighted by Crippen LogP contribution is -2.62. The average Bonchev–Trinajstić information content (AvgIpc) is 2.87. The van der Waals surface area contributed by atoms with Crippen LogP contribution in [0, 0.1) is 5.92 Å². The fourth-order valence-electron chi connectivity index (χ4n) is 3.79. The summed E-state index contributed by atoms with van der Waals surface area (Å²) in [5.74, 6) is 7.91. The molecule has 1 aliphatic carbocycles. The van der Waals surface area contributed by atoms with Crippen molar-refractivity contribution in [2.45, 2.75) is 57.0 Å². The van der Waals surface area contributed by atoms with Gasteiger partial charge in [0.15, 0.2) is 0 Å². The number of nitrogens with one attached hydrogen (secondary N) is 1. The van der Waals surface area contributed by atoms with Crippen LogP contribution in [0.5, 0.6) is 0 Å². The molecule has 1 aromatic rings. The minimum absolute atomic E-state index is 0.173. The highest BCUT2D eigenvalue weighted by Gasteiger charge is 2.42. The number of hydrogen-bond donors (Lipinski definition) is 2. The van der Waals surface area contributed by atoms with Gasteiger partial charge in [0.05, 0.1) is 0 Å². The Kier molecular flexibility index (Phi) is 5.41. The van der Waals surface area contributed by atoms with Gasteiger partial charge in [0, 0.05) is 37.4 Å². The van der Waals surface area contributed by atoms with Crippen molar-refractivity contribution < 1.29 is 0 Å². The SMILES string of the molecule is CC1CCC(C(CCc2nccn2C)NN)(N(C)C)CC1. The van der Waals surface area contributed by atoms with E-state index in [0.717, 1.165) is 24.6 Å². The first-order valence-corrected chi connectivity index (χ1v) is 8.09. The number of aryl methyl sites for hydroxylation is 2. The van der Waals surface area contributed by atoms with E-state index < -0.39 is 0 Å². The molecule has 3 N–H and O–H groups in total. The molecule has 2 rings (SSSR count). The van der Waals surface area contributed by atoms with E-state index in [2.05, 4.69) is 47.9 Å². The molecular formula is C16H31N5. The quantitative estimate of drug-likeness (QED) is 0.619. The Labute approximate surface area is 128 Å². The zero-order valence-electron chi connectivity index (χ0n) is 14.0. The second kappa shape index (κ2) is 6.90. The maximum atomic E-state index is 5.93. The van der Waals surface area contributed by atoms with Crippen molar-refractivity contribution in [1.29, 1.82) is 0 Å². The van der Waals surface area contributed by atoms with Crippen molar-refractivity contribution in [3.8, 4) is 0 Å². The molecular weight excluding hydrogens is 262 g/mol. The lowest BCUT2D eigenvalue weighted by atomic mass is 9.71. The van der Waals surface area contributed by atoms with Gasteiger partial charge in [0.1, 0.15) is 5.82 Å². The van der Waals surface area contributed by atoms with Crippen molar-refractivity contribution in [3.05, 3.63) is 18.2 Å². The van der Waals surface area contributed by atoms with Crippen LogP contribution in [0.4, 0.5) is 0 Å². The smallest absolute Gasteiger partial charge is 0.108 e. The van der Waals surface area contributed by atoms with Crippen LogP contribution < -0.4 is 11.3 Å². The van der Waals surface area contributed by atoms with Crippen LogP contribution in [0.2, 0.25) is 0 Å². The van der Waals surface area contributed by atoms with Crippen LogP contribution in [0.15, 0.2) is 12.4 Å². The number of nitrogens with two attached hydrogens (primary N) is 1. The fraction of sp³-hybridized carbons (Fsp3) is 0.812. The molecule has 0 bridgehead atoms. The van der Waals surface area contributed by atoms with Gasteiger partial charge >= 0.3 is 0 Å². The standard InChI is InChI=1S/C16H31N5/c1-13-7-9-16(10-8-13,20(2)3)14(19-17)5-6-15-18-11-12-21(15)4/h11-14,19H,5-10,17H2,1-4H3. The Bertz CT molecular complexity index is 432. The molecule has 1 unspecified atom stereocenters. The minimum Gasteiger partial charge on any atom is -0.338 e. The first kappa shape index (κ1) is 16.5. The highest BCUT2D eigenvalue weighted by molar-refractivity contribution is 5.02. The lowest BCUT2D eigenvalue weighted by Gasteiger charge is -2.49. The first-order valence-electron chi connectivity index (χ1n) is 8.09. The molecule has 120 valence electrons. The van der Waals surface area contributed by atoms with E-state index in [1.165, 1.54) is 25.7 Å². The summed E-state index contributed by atoms with van der Waals surface area (Å²) in [4.78, 5) is 6.82. The third kappa shape index (κ3) is 3.47. The monoisotopic (exact) mass is 293 g/mol. The lowest BCUT2D eigenvalue weighted by molar-refractivity contribution is 0.0402. The molecule has 21 heavy (non-hydrogen) atoms. The van der Waals surface area contributed by atoms with Gasteiger partial charge in [-0.3, -0.25) is 11.3 Å². The normalized spacial score (nSPS) is 28.0. The van der Waals surface area contributed by atoms with Crippen LogP contribution in [0.3, 0.4) is 0 Å². The molecule has 0 spiro atoms. The molecule has 0 aromatic carbocycles. The molecule has 0 radical (unpaired) electrons. The summed E-state index contributed by atoms with van der Waals surface area (Å²) in [6, 6.07) is 0.302. The van der Waals surface area contributed by atoms with E-state index in [-0.39, 0.29) is 5.54 Å². The predicted octanol–water partition coefficient (Wildman–Crippen LogP) is 1.70. The number of hydrogen-bond acceptors (Lipinski definition) is 4. The third-order valence-electron chi connectivity index (χ3n) is 5.46. The van der Waals surface area contributed by atoms with E-state index in [1.807, 2.05) is 12.4 Å². The number of aromatic nitrogens is 2. The molecule has 5 heteroatoms. The van der Waals surface area contributed by atoms with E-state index >= 15 is 0 Å². The van der Waals surface area contributed by atoms with Crippen LogP contribution in [0.1, 0.15) is 44.9 Å². The van der Waals surface area contributed by atoms with Crippen LogP contribution >= 0.6 is 0 Å². The molecule has 1 fully saturated rings. The largest absolute Gasteiger partial charge is 0.338 e. The predicted molar refractivity (Wildman–Crippen MR) is 86.7 cm³/mol. The zero-order chi connectivity index (χ0) is 15.5. The number of likely N-dealkylation sites (N-methyl/N-ethyl adjacent to an activating group) is 1. The van der Waals surface area contributed by atoms with Gasteiger partial charge in [0.25, 0.3) is 0 Å². The van der Waals surface area contributed by atoms with Gasteiger partial charge in [-0.2, -0.15) is 0 Å². The second-order valence-electron chi connectivity index (χ2n) is 6.89. The Morgan fingerprint density at radius 3 is 2.62 bits per heavy atom. The van der Waals surface area contributed by atoms with E-state index in [9.17, 15) is 0 Å². The number of imidazole rings is 1. The highest BCUT2D eigenvalue weighted by Crippen LogP contribution is 2.38. The van der Waals surface area contributed by atoms with Crippen LogP contribution in [-0.4, -0.2) is 40.1 Å². The molecule has 5 nitrogen and oxygen atoms in total. The Balaban J connectivity index is 2.07. The van der Waals surface area contributed by atoms with Gasteiger partial charge in [-0.25, -0.2) is 4.98 Å². The maximum absolute atomic E-state index is 5.93. The van der Waals surface area contributed by atoms with Crippen LogP contribution in [0.25, 0.3) is 0 Å². The molecule has 1 saturated carbocycles. The first-order chi connectivity index (χ1) is 9.99. The van der Waals surface area contributed by atoms with Crippen molar-refractivity contribution in [3.63, 3.8) is 0 Å². The fourth-order valence-corrected chi connectivity index (χ4v) is 3.79. The molecule has 1 heterocycles. The summed E-state index contributed by atoms with van der Waals surface area (Å²) in [6.45, 7) is 2.36. The maximum Gasteiger partial charge on any atom is 0.108 e. The van der Waals surface area contributed by atoms with E-state index in [1.54, 1.807) is 0 Å². The second-order valence-corrected chi connectivity index (χ2v) is 6.89.